The second-order valence-electron chi connectivity index (χ2n) is 13.7. The molecule has 0 spiro atoms. The maximum atomic E-state index is 14.4. The van der Waals surface area contributed by atoms with Crippen molar-refractivity contribution in [3.05, 3.63) is 157 Å². The molecule has 0 unspecified atom stereocenters. The van der Waals surface area contributed by atoms with Crippen LogP contribution in [0.5, 0.6) is 11.5 Å². The molecule has 9 heteroatoms. The van der Waals surface area contributed by atoms with Crippen molar-refractivity contribution in [2.45, 2.75) is 38.2 Å². The van der Waals surface area contributed by atoms with Crippen molar-refractivity contribution in [3.8, 4) is 11.5 Å². The third kappa shape index (κ3) is 6.70. The summed E-state index contributed by atoms with van der Waals surface area (Å²) in [5.74, 6) is -0.252. The van der Waals surface area contributed by atoms with E-state index in [1.165, 1.54) is 28.5 Å². The Morgan fingerprint density at radius 2 is 1.42 bits per heavy atom. The Bertz CT molecular complexity index is 2180. The van der Waals surface area contributed by atoms with Crippen molar-refractivity contribution in [2.75, 3.05) is 30.0 Å². The molecule has 0 saturated carbocycles. The molecule has 8 nitrogen and oxygen atoms in total. The van der Waals surface area contributed by atoms with E-state index in [0.717, 1.165) is 51.1 Å². The van der Waals surface area contributed by atoms with Crippen LogP contribution in [0.2, 0.25) is 0 Å². The van der Waals surface area contributed by atoms with Crippen LogP contribution in [0, 0.1) is 10.5 Å². The van der Waals surface area contributed by atoms with Crippen molar-refractivity contribution in [1.82, 2.24) is 5.32 Å². The summed E-state index contributed by atoms with van der Waals surface area (Å²) in [4.78, 5) is 45.0. The van der Waals surface area contributed by atoms with Crippen molar-refractivity contribution in [3.63, 3.8) is 0 Å². The van der Waals surface area contributed by atoms with Gasteiger partial charge in [-0.15, -0.1) is 0 Å². The number of rotatable bonds is 8. The minimum atomic E-state index is -0.771. The molecule has 2 atom stereocenters. The Morgan fingerprint density at radius 1 is 0.811 bits per heavy atom. The first kappa shape index (κ1) is 34.7. The van der Waals surface area contributed by atoms with Crippen LogP contribution in [0.25, 0.3) is 6.08 Å². The first-order valence-electron chi connectivity index (χ1n) is 17.8. The minimum Gasteiger partial charge on any atom is -0.493 e. The standard InChI is InChI=1S/C44H38IN3O5/c1-27-13-15-28(16-14-27)26-53-41-38(45)22-29(23-39(41)52-2)21-37-42(49)46-44(51)48(43(37)50)32-24-35-33(30-9-5-3-6-10-30)17-19-47-20-18-34(36(25-32)40(35)47)31-11-7-4-8-12-31/h3-16,21-25,33-34H,17-20,26H2,1-2H3,(H,46,49,51)/b37-21+/t33-,34-/m1/s1. The summed E-state index contributed by atoms with van der Waals surface area (Å²) in [5.41, 5.74) is 8.76. The average Bonchev–Trinajstić information content (AvgIpc) is 3.17. The smallest absolute Gasteiger partial charge is 0.335 e. The van der Waals surface area contributed by atoms with Gasteiger partial charge in [0.15, 0.2) is 11.5 Å². The van der Waals surface area contributed by atoms with Gasteiger partial charge in [0.2, 0.25) is 0 Å². The van der Waals surface area contributed by atoms with Crippen LogP contribution in [-0.4, -0.2) is 38.0 Å². The molecule has 0 aliphatic carbocycles. The monoisotopic (exact) mass is 815 g/mol. The van der Waals surface area contributed by atoms with Crippen LogP contribution in [0.4, 0.5) is 16.2 Å². The van der Waals surface area contributed by atoms with Gasteiger partial charge < -0.3 is 14.4 Å². The molecule has 1 saturated heterocycles. The normalized spacial score (nSPS) is 18.8. The largest absolute Gasteiger partial charge is 0.493 e. The molecule has 1 fully saturated rings. The number of carbonyl (C=O) groups is 3. The van der Waals surface area contributed by atoms with Gasteiger partial charge in [0.1, 0.15) is 12.2 Å². The molecule has 0 aromatic heterocycles. The maximum absolute atomic E-state index is 14.4. The number of amides is 4. The number of carbonyl (C=O) groups excluding carboxylic acids is 3. The van der Waals surface area contributed by atoms with Crippen LogP contribution in [-0.2, 0) is 16.2 Å². The molecular formula is C44H38IN3O5. The van der Waals surface area contributed by atoms with Gasteiger partial charge in [0, 0.05) is 30.6 Å². The fraction of sp³-hybridized carbons (Fsp3) is 0.205. The van der Waals surface area contributed by atoms with E-state index in [-0.39, 0.29) is 17.4 Å². The second-order valence-corrected chi connectivity index (χ2v) is 14.9. The Balaban J connectivity index is 1.18. The van der Waals surface area contributed by atoms with E-state index in [1.54, 1.807) is 13.2 Å². The summed E-state index contributed by atoms with van der Waals surface area (Å²) in [6.07, 6.45) is 3.32. The number of anilines is 2. The van der Waals surface area contributed by atoms with Crippen molar-refractivity contribution >= 4 is 57.9 Å². The Hall–Kier alpha value is -5.42. The average molecular weight is 816 g/mol. The van der Waals surface area contributed by atoms with Crippen LogP contribution in [0.15, 0.2) is 115 Å². The van der Waals surface area contributed by atoms with E-state index in [1.807, 2.05) is 85.8 Å². The first-order valence-corrected chi connectivity index (χ1v) is 18.9. The molecule has 0 bridgehead atoms. The SMILES string of the molecule is COc1cc(/C=C2\C(=O)NC(=O)N(c3cc4c5c(c3)[C@@H](c3ccccc3)CCN5CC[C@@H]4c3ccccc3)C2=O)cc(I)c1OCc1ccc(C)cc1. The number of nitrogens with one attached hydrogen (secondary N) is 1. The number of halogens is 1. The lowest BCUT2D eigenvalue weighted by Crippen LogP contribution is -2.54. The molecule has 4 amide bonds. The number of urea groups is 1. The molecule has 8 rings (SSSR count). The van der Waals surface area contributed by atoms with Crippen molar-refractivity contribution in [1.29, 1.82) is 0 Å². The van der Waals surface area contributed by atoms with Gasteiger partial charge in [-0.3, -0.25) is 14.9 Å². The van der Waals surface area contributed by atoms with E-state index in [2.05, 4.69) is 57.1 Å². The third-order valence-electron chi connectivity index (χ3n) is 10.4. The van der Waals surface area contributed by atoms with Gasteiger partial charge in [0.25, 0.3) is 11.8 Å². The van der Waals surface area contributed by atoms with E-state index >= 15 is 0 Å². The highest BCUT2D eigenvalue weighted by molar-refractivity contribution is 14.1. The lowest BCUT2D eigenvalue weighted by atomic mass is 9.76. The highest BCUT2D eigenvalue weighted by Gasteiger charge is 2.40. The van der Waals surface area contributed by atoms with Gasteiger partial charge in [-0.2, -0.15) is 0 Å². The number of aryl methyl sites for hydroxylation is 1. The third-order valence-corrected chi connectivity index (χ3v) is 11.2. The molecule has 266 valence electrons. The summed E-state index contributed by atoms with van der Waals surface area (Å²) < 4.78 is 12.6. The van der Waals surface area contributed by atoms with Gasteiger partial charge in [-0.25, -0.2) is 9.69 Å². The predicted octanol–water partition coefficient (Wildman–Crippen LogP) is 8.73. The lowest BCUT2D eigenvalue weighted by Gasteiger charge is -2.44. The second kappa shape index (κ2) is 14.5. The zero-order valence-corrected chi connectivity index (χ0v) is 31.6. The molecule has 1 N–H and O–H groups in total. The fourth-order valence-corrected chi connectivity index (χ4v) is 8.61. The highest BCUT2D eigenvalue weighted by atomic mass is 127. The van der Waals surface area contributed by atoms with Crippen molar-refractivity contribution < 1.29 is 23.9 Å². The molecule has 3 heterocycles. The number of hydrogen-bond acceptors (Lipinski definition) is 6. The topological polar surface area (TPSA) is 88.2 Å². The summed E-state index contributed by atoms with van der Waals surface area (Å²) in [6, 6.07) is 35.7. The fourth-order valence-electron chi connectivity index (χ4n) is 7.83. The molecule has 53 heavy (non-hydrogen) atoms. The summed E-state index contributed by atoms with van der Waals surface area (Å²) in [7, 11) is 1.55. The van der Waals surface area contributed by atoms with Gasteiger partial charge >= 0.3 is 6.03 Å². The van der Waals surface area contributed by atoms with Gasteiger partial charge in [-0.05, 0) is 106 Å². The number of benzene rings is 5. The molecular weight excluding hydrogens is 777 g/mol. The first-order chi connectivity index (χ1) is 25.8. The van der Waals surface area contributed by atoms with Crippen LogP contribution < -0.4 is 24.6 Å². The summed E-state index contributed by atoms with van der Waals surface area (Å²) in [6.45, 7) is 4.23. The number of ether oxygens (including phenoxy) is 2. The molecule has 3 aliphatic heterocycles. The number of imide groups is 2. The molecule has 5 aromatic rings. The van der Waals surface area contributed by atoms with Gasteiger partial charge in [-0.1, -0.05) is 90.5 Å². The number of hydrogen-bond donors (Lipinski definition) is 1. The molecule has 0 radical (unpaired) electrons. The van der Waals surface area contributed by atoms with E-state index in [0.29, 0.717) is 29.4 Å². The van der Waals surface area contributed by atoms with Crippen LogP contribution >= 0.6 is 22.6 Å². The predicted molar refractivity (Wildman–Crippen MR) is 215 cm³/mol. The number of methoxy groups -OCH3 is 1. The molecule has 3 aliphatic rings. The van der Waals surface area contributed by atoms with Gasteiger partial charge in [0.05, 0.1) is 16.4 Å². The van der Waals surface area contributed by atoms with E-state index in [4.69, 9.17) is 9.47 Å². The Morgan fingerprint density at radius 3 is 2.00 bits per heavy atom. The van der Waals surface area contributed by atoms with E-state index < -0.39 is 17.8 Å². The lowest BCUT2D eigenvalue weighted by molar-refractivity contribution is -0.122. The van der Waals surface area contributed by atoms with E-state index in [9.17, 15) is 14.4 Å². The zero-order valence-electron chi connectivity index (χ0n) is 29.5. The maximum Gasteiger partial charge on any atom is 0.335 e. The highest BCUT2D eigenvalue weighted by Crippen LogP contribution is 2.50. The minimum absolute atomic E-state index is 0.0801. The van der Waals surface area contributed by atoms with Crippen LogP contribution in [0.3, 0.4) is 0 Å². The van der Waals surface area contributed by atoms with Crippen molar-refractivity contribution in [2.24, 2.45) is 0 Å². The zero-order chi connectivity index (χ0) is 36.6. The summed E-state index contributed by atoms with van der Waals surface area (Å²) >= 11 is 2.16. The number of nitrogens with zero attached hydrogens (tertiary/aromatic N) is 2. The Labute approximate surface area is 322 Å². The van der Waals surface area contributed by atoms with Crippen LogP contribution in [0.1, 0.15) is 63.6 Å². The Kier molecular flexibility index (Phi) is 9.51. The quantitative estimate of drug-likeness (QED) is 0.0959. The summed E-state index contributed by atoms with van der Waals surface area (Å²) in [5, 5.41) is 2.44. The molecule has 5 aromatic carbocycles. The number of barbiturate groups is 1.